The van der Waals surface area contributed by atoms with Crippen LogP contribution in [0.1, 0.15) is 24.5 Å². The van der Waals surface area contributed by atoms with Crippen molar-refractivity contribution in [2.75, 3.05) is 33.5 Å². The topological polar surface area (TPSA) is 47.9 Å². The molecule has 20 heavy (non-hydrogen) atoms. The Morgan fingerprint density at radius 3 is 2.70 bits per heavy atom. The van der Waals surface area contributed by atoms with Crippen molar-refractivity contribution < 1.29 is 19.3 Å². The monoisotopic (exact) mass is 278 g/mol. The summed E-state index contributed by atoms with van der Waals surface area (Å²) < 4.78 is 16.0. The lowest BCUT2D eigenvalue weighted by Gasteiger charge is -2.09. The van der Waals surface area contributed by atoms with Crippen molar-refractivity contribution in [3.63, 3.8) is 0 Å². The molecule has 0 aliphatic heterocycles. The number of hydrogen-bond acceptors (Lipinski definition) is 4. The van der Waals surface area contributed by atoms with E-state index in [0.29, 0.717) is 32.8 Å². The molecule has 4 heteroatoms. The van der Waals surface area contributed by atoms with Crippen LogP contribution in [0.4, 0.5) is 0 Å². The highest BCUT2D eigenvalue weighted by atomic mass is 16.5. The Morgan fingerprint density at radius 2 is 2.00 bits per heavy atom. The number of hydrogen-bond donors (Lipinski definition) is 1. The number of ether oxygens (including phenoxy) is 3. The largest absolute Gasteiger partial charge is 0.497 e. The van der Waals surface area contributed by atoms with E-state index in [1.54, 1.807) is 7.11 Å². The second kappa shape index (κ2) is 10.3. The first kappa shape index (κ1) is 16.5. The highest BCUT2D eigenvalue weighted by Gasteiger charge is 2.03. The van der Waals surface area contributed by atoms with Crippen molar-refractivity contribution in [1.29, 1.82) is 0 Å². The van der Waals surface area contributed by atoms with Gasteiger partial charge in [-0.2, -0.15) is 0 Å². The molecule has 0 atom stereocenters. The van der Waals surface area contributed by atoms with Gasteiger partial charge in [-0.1, -0.05) is 11.8 Å². The van der Waals surface area contributed by atoms with E-state index >= 15 is 0 Å². The molecule has 0 saturated heterocycles. The molecule has 0 amide bonds. The lowest BCUT2D eigenvalue weighted by molar-refractivity contribution is 0.0452. The van der Waals surface area contributed by atoms with Crippen molar-refractivity contribution >= 4 is 0 Å². The molecular weight excluding hydrogens is 256 g/mol. The van der Waals surface area contributed by atoms with Crippen molar-refractivity contribution in [3.05, 3.63) is 29.3 Å². The Labute approximate surface area is 120 Å². The van der Waals surface area contributed by atoms with Gasteiger partial charge in [0.15, 0.2) is 0 Å². The summed E-state index contributed by atoms with van der Waals surface area (Å²) in [6.45, 7) is 4.33. The van der Waals surface area contributed by atoms with Crippen LogP contribution in [0.2, 0.25) is 0 Å². The Bertz CT molecular complexity index is 446. The van der Waals surface area contributed by atoms with Crippen LogP contribution in [0.5, 0.6) is 5.75 Å². The standard InChI is InChI=1S/C16H22O4/c1-3-19-10-11-20-13-15-12-16(18-2)8-7-14(15)6-4-5-9-17/h7-8,12,17H,3,5,9-11,13H2,1-2H3. The summed E-state index contributed by atoms with van der Waals surface area (Å²) in [6.07, 6.45) is 0.469. The van der Waals surface area contributed by atoms with Crippen molar-refractivity contribution in [2.24, 2.45) is 0 Å². The molecule has 110 valence electrons. The molecule has 0 aliphatic carbocycles. The summed E-state index contributed by atoms with van der Waals surface area (Å²) in [6, 6.07) is 5.70. The quantitative estimate of drug-likeness (QED) is 0.583. The third kappa shape index (κ3) is 6.07. The molecule has 0 aliphatic rings. The predicted octanol–water partition coefficient (Wildman–Crippen LogP) is 1.98. The van der Waals surface area contributed by atoms with E-state index in [-0.39, 0.29) is 6.61 Å². The first-order valence-corrected chi connectivity index (χ1v) is 6.74. The first-order valence-electron chi connectivity index (χ1n) is 6.74. The molecule has 0 unspecified atom stereocenters. The van der Waals surface area contributed by atoms with Gasteiger partial charge in [0.2, 0.25) is 0 Å². The summed E-state index contributed by atoms with van der Waals surface area (Å²) in [5.74, 6) is 6.74. The average Bonchev–Trinajstić information content (AvgIpc) is 2.48. The first-order chi connectivity index (χ1) is 9.81. The maximum absolute atomic E-state index is 8.76. The van der Waals surface area contributed by atoms with Gasteiger partial charge in [-0.05, 0) is 30.7 Å². The minimum Gasteiger partial charge on any atom is -0.497 e. The molecule has 1 rings (SSSR count). The molecule has 0 spiro atoms. The molecule has 1 aromatic carbocycles. The van der Waals surface area contributed by atoms with E-state index in [4.69, 9.17) is 19.3 Å². The Hall–Kier alpha value is -1.54. The Morgan fingerprint density at radius 1 is 1.20 bits per heavy atom. The van der Waals surface area contributed by atoms with Crippen LogP contribution in [0, 0.1) is 11.8 Å². The zero-order chi connectivity index (χ0) is 14.6. The fourth-order valence-electron chi connectivity index (χ4n) is 1.60. The fraction of sp³-hybridized carbons (Fsp3) is 0.500. The summed E-state index contributed by atoms with van der Waals surface area (Å²) >= 11 is 0. The summed E-state index contributed by atoms with van der Waals surface area (Å²) in [5, 5.41) is 8.76. The van der Waals surface area contributed by atoms with Crippen LogP contribution >= 0.6 is 0 Å². The molecule has 0 bridgehead atoms. The summed E-state index contributed by atoms with van der Waals surface area (Å²) in [5.41, 5.74) is 1.88. The second-order valence-corrected chi connectivity index (χ2v) is 4.05. The molecule has 1 aromatic rings. The minimum absolute atomic E-state index is 0.0728. The van der Waals surface area contributed by atoms with E-state index in [1.165, 1.54) is 0 Å². The molecule has 0 heterocycles. The van der Waals surface area contributed by atoms with E-state index in [0.717, 1.165) is 16.9 Å². The fourth-order valence-corrected chi connectivity index (χ4v) is 1.60. The van der Waals surface area contributed by atoms with Gasteiger partial charge in [0.1, 0.15) is 5.75 Å². The number of rotatable bonds is 8. The van der Waals surface area contributed by atoms with Crippen molar-refractivity contribution in [1.82, 2.24) is 0 Å². The Kier molecular flexibility index (Phi) is 8.48. The van der Waals surface area contributed by atoms with Crippen LogP contribution < -0.4 is 4.74 Å². The zero-order valence-electron chi connectivity index (χ0n) is 12.1. The van der Waals surface area contributed by atoms with Gasteiger partial charge in [0.25, 0.3) is 0 Å². The second-order valence-electron chi connectivity index (χ2n) is 4.05. The molecule has 0 fully saturated rings. The maximum atomic E-state index is 8.76. The maximum Gasteiger partial charge on any atom is 0.119 e. The van der Waals surface area contributed by atoms with Gasteiger partial charge in [-0.25, -0.2) is 0 Å². The predicted molar refractivity (Wildman–Crippen MR) is 77.7 cm³/mol. The van der Waals surface area contributed by atoms with Gasteiger partial charge in [0.05, 0.1) is 33.5 Å². The van der Waals surface area contributed by atoms with Crippen molar-refractivity contribution in [2.45, 2.75) is 20.0 Å². The Balaban J connectivity index is 2.66. The van der Waals surface area contributed by atoms with Gasteiger partial charge < -0.3 is 19.3 Å². The lowest BCUT2D eigenvalue weighted by Crippen LogP contribution is -2.05. The molecule has 4 nitrogen and oxygen atoms in total. The molecule has 0 radical (unpaired) electrons. The highest BCUT2D eigenvalue weighted by molar-refractivity contribution is 5.45. The van der Waals surface area contributed by atoms with Crippen LogP contribution in [0.15, 0.2) is 18.2 Å². The summed E-state index contributed by atoms with van der Waals surface area (Å²) in [7, 11) is 1.63. The van der Waals surface area contributed by atoms with Gasteiger partial charge in [-0.15, -0.1) is 0 Å². The van der Waals surface area contributed by atoms with Gasteiger partial charge >= 0.3 is 0 Å². The zero-order valence-corrected chi connectivity index (χ0v) is 12.1. The molecule has 1 N–H and O–H groups in total. The minimum atomic E-state index is 0.0728. The summed E-state index contributed by atoms with van der Waals surface area (Å²) in [4.78, 5) is 0. The van der Waals surface area contributed by atoms with E-state index < -0.39 is 0 Å². The van der Waals surface area contributed by atoms with Crippen LogP contribution in [-0.2, 0) is 16.1 Å². The SMILES string of the molecule is CCOCCOCc1cc(OC)ccc1C#CCCO. The van der Waals surface area contributed by atoms with Gasteiger partial charge in [-0.3, -0.25) is 0 Å². The van der Waals surface area contributed by atoms with E-state index in [1.807, 2.05) is 25.1 Å². The van der Waals surface area contributed by atoms with Crippen molar-refractivity contribution in [3.8, 4) is 17.6 Å². The molecular formula is C16H22O4. The molecule has 0 aromatic heterocycles. The number of aliphatic hydroxyl groups is 1. The molecule has 0 saturated carbocycles. The number of methoxy groups -OCH3 is 1. The normalized spacial score (nSPS) is 9.95. The van der Waals surface area contributed by atoms with E-state index in [2.05, 4.69) is 11.8 Å². The highest BCUT2D eigenvalue weighted by Crippen LogP contribution is 2.18. The van der Waals surface area contributed by atoms with Crippen LogP contribution in [-0.4, -0.2) is 38.6 Å². The smallest absolute Gasteiger partial charge is 0.119 e. The van der Waals surface area contributed by atoms with Crippen LogP contribution in [0.25, 0.3) is 0 Å². The van der Waals surface area contributed by atoms with Crippen LogP contribution in [0.3, 0.4) is 0 Å². The lowest BCUT2D eigenvalue weighted by atomic mass is 10.1. The third-order valence-corrected chi connectivity index (χ3v) is 2.61. The average molecular weight is 278 g/mol. The third-order valence-electron chi connectivity index (χ3n) is 2.61. The van der Waals surface area contributed by atoms with E-state index in [9.17, 15) is 0 Å². The number of benzene rings is 1. The number of aliphatic hydroxyl groups excluding tert-OH is 1. The van der Waals surface area contributed by atoms with Gasteiger partial charge in [0, 0.05) is 18.6 Å².